The van der Waals surface area contributed by atoms with E-state index in [4.69, 9.17) is 14.2 Å². The van der Waals surface area contributed by atoms with Crippen LogP contribution in [0.25, 0.3) is 0 Å². The molecule has 0 saturated heterocycles. The summed E-state index contributed by atoms with van der Waals surface area (Å²) in [6, 6.07) is 12.1. The molecular weight excluding hydrogens is 400 g/mol. The number of nitrogens with zero attached hydrogens (tertiary/aromatic N) is 1. The number of aromatic amines is 1. The Kier molecular flexibility index (Phi) is 5.62. The van der Waals surface area contributed by atoms with Crippen molar-refractivity contribution >= 4 is 11.8 Å². The number of ketones is 1. The van der Waals surface area contributed by atoms with Gasteiger partial charge in [-0.3, -0.25) is 9.59 Å². The van der Waals surface area contributed by atoms with Crippen LogP contribution < -0.4 is 15.0 Å². The van der Waals surface area contributed by atoms with Crippen LogP contribution in [0.3, 0.4) is 0 Å². The number of benzene rings is 1. The minimum atomic E-state index is -0.838. The fourth-order valence-electron chi connectivity index (χ4n) is 3.59. The van der Waals surface area contributed by atoms with Gasteiger partial charge in [-0.05, 0) is 44.2 Å². The number of Topliss-reactive ketones (excluding diaryl/α,β-unsaturated/α-hetero) is 1. The van der Waals surface area contributed by atoms with Gasteiger partial charge in [-0.25, -0.2) is 4.79 Å². The van der Waals surface area contributed by atoms with Gasteiger partial charge >= 0.3 is 5.97 Å². The minimum Gasteiger partial charge on any atom is -0.486 e. The molecule has 31 heavy (non-hydrogen) atoms. The van der Waals surface area contributed by atoms with E-state index in [1.165, 1.54) is 18.3 Å². The topological polar surface area (TPSA) is 99.6 Å². The van der Waals surface area contributed by atoms with Crippen LogP contribution >= 0.6 is 0 Å². The van der Waals surface area contributed by atoms with Crippen molar-refractivity contribution in [2.75, 3.05) is 13.2 Å². The van der Waals surface area contributed by atoms with Crippen molar-refractivity contribution in [2.24, 2.45) is 0 Å². The number of aryl methyl sites for hydroxylation is 1. The lowest BCUT2D eigenvalue weighted by atomic mass is 10.1. The molecule has 0 saturated carbocycles. The van der Waals surface area contributed by atoms with Crippen molar-refractivity contribution < 1.29 is 23.8 Å². The van der Waals surface area contributed by atoms with Crippen molar-refractivity contribution in [1.82, 2.24) is 9.55 Å². The molecule has 8 nitrogen and oxygen atoms in total. The van der Waals surface area contributed by atoms with Crippen LogP contribution in [0.15, 0.2) is 53.5 Å². The molecule has 0 spiro atoms. The highest BCUT2D eigenvalue weighted by Gasteiger charge is 2.24. The monoisotopic (exact) mass is 422 g/mol. The summed E-state index contributed by atoms with van der Waals surface area (Å²) in [5.41, 5.74) is 1.39. The number of carbonyl (C=O) groups is 2. The first-order valence-corrected chi connectivity index (χ1v) is 9.87. The Morgan fingerprint density at radius 2 is 1.90 bits per heavy atom. The van der Waals surface area contributed by atoms with Gasteiger partial charge in [-0.1, -0.05) is 12.1 Å². The van der Waals surface area contributed by atoms with E-state index in [1.54, 1.807) is 6.07 Å². The molecule has 0 bridgehead atoms. The largest absolute Gasteiger partial charge is 0.486 e. The number of pyridine rings is 1. The van der Waals surface area contributed by atoms with Crippen LogP contribution in [0.5, 0.6) is 11.5 Å². The maximum atomic E-state index is 12.7. The number of ether oxygens (including phenoxy) is 3. The van der Waals surface area contributed by atoms with Crippen molar-refractivity contribution in [3.05, 3.63) is 81.5 Å². The van der Waals surface area contributed by atoms with Crippen molar-refractivity contribution in [2.45, 2.75) is 26.5 Å². The average Bonchev–Trinajstić information content (AvgIpc) is 3.06. The zero-order chi connectivity index (χ0) is 22.0. The Morgan fingerprint density at radius 1 is 1.13 bits per heavy atom. The first-order valence-electron chi connectivity index (χ1n) is 9.87. The van der Waals surface area contributed by atoms with E-state index in [2.05, 4.69) is 4.98 Å². The molecule has 1 aliphatic rings. The summed E-state index contributed by atoms with van der Waals surface area (Å²) in [4.78, 5) is 38.8. The van der Waals surface area contributed by atoms with Crippen LogP contribution in [0.4, 0.5) is 0 Å². The molecular formula is C23H22N2O6. The third-order valence-corrected chi connectivity index (χ3v) is 5.20. The molecule has 3 aromatic rings. The predicted molar refractivity (Wildman–Crippen MR) is 112 cm³/mol. The standard InChI is InChI=1S/C23H22N2O6/c1-14-10-18(19(26)13-30-23(28)17-6-5-9-24-22(17)27)15(2)25(14)11-16-12-29-20-7-3-4-8-21(20)31-16/h3-10,16H,11-13H2,1-2H3,(H,24,27). The summed E-state index contributed by atoms with van der Waals surface area (Å²) in [5, 5.41) is 0. The third-order valence-electron chi connectivity index (χ3n) is 5.20. The Morgan fingerprint density at radius 3 is 2.68 bits per heavy atom. The fraction of sp³-hybridized carbons (Fsp3) is 0.261. The SMILES string of the molecule is Cc1cc(C(=O)COC(=O)c2ccc[nH]c2=O)c(C)n1CC1COc2ccccc2O1. The molecule has 1 N–H and O–H groups in total. The number of hydrogen-bond donors (Lipinski definition) is 1. The van der Waals surface area contributed by atoms with Crippen LogP contribution in [-0.2, 0) is 11.3 Å². The Hall–Kier alpha value is -3.81. The number of rotatable bonds is 6. The molecule has 0 fully saturated rings. The maximum Gasteiger partial charge on any atom is 0.344 e. The number of fused-ring (bicyclic) bond motifs is 1. The van der Waals surface area contributed by atoms with Gasteiger partial charge in [0, 0.05) is 23.1 Å². The van der Waals surface area contributed by atoms with Crippen molar-refractivity contribution in [1.29, 1.82) is 0 Å². The van der Waals surface area contributed by atoms with E-state index >= 15 is 0 Å². The summed E-state index contributed by atoms with van der Waals surface area (Å²) in [7, 11) is 0. The van der Waals surface area contributed by atoms with Gasteiger partial charge in [-0.2, -0.15) is 0 Å². The molecule has 0 amide bonds. The first-order chi connectivity index (χ1) is 14.9. The summed E-state index contributed by atoms with van der Waals surface area (Å²) in [5.74, 6) is 0.233. The number of carbonyl (C=O) groups excluding carboxylic acids is 2. The number of nitrogens with one attached hydrogen (secondary N) is 1. The number of H-pyrrole nitrogens is 1. The van der Waals surface area contributed by atoms with Gasteiger partial charge < -0.3 is 23.8 Å². The van der Waals surface area contributed by atoms with Gasteiger partial charge in [0.25, 0.3) is 5.56 Å². The molecule has 0 aliphatic carbocycles. The van der Waals surface area contributed by atoms with Gasteiger partial charge in [0.2, 0.25) is 5.78 Å². The Labute approximate surface area is 178 Å². The second kappa shape index (κ2) is 8.51. The van der Waals surface area contributed by atoms with Crippen LogP contribution in [-0.4, -0.2) is 40.6 Å². The van der Waals surface area contributed by atoms with E-state index in [-0.39, 0.29) is 17.5 Å². The lowest BCUT2D eigenvalue weighted by Crippen LogP contribution is -2.33. The van der Waals surface area contributed by atoms with Gasteiger partial charge in [0.1, 0.15) is 12.2 Å². The summed E-state index contributed by atoms with van der Waals surface area (Å²) < 4.78 is 18.8. The number of esters is 1. The number of aromatic nitrogens is 2. The Bertz CT molecular complexity index is 1190. The zero-order valence-electron chi connectivity index (χ0n) is 17.2. The van der Waals surface area contributed by atoms with E-state index in [9.17, 15) is 14.4 Å². The fourth-order valence-corrected chi connectivity index (χ4v) is 3.59. The van der Waals surface area contributed by atoms with Gasteiger partial charge in [0.05, 0.1) is 6.54 Å². The summed E-state index contributed by atoms with van der Waals surface area (Å²) >= 11 is 0. The summed E-state index contributed by atoms with van der Waals surface area (Å²) in [6.07, 6.45) is 1.21. The first kappa shape index (κ1) is 20.5. The molecule has 0 radical (unpaired) electrons. The maximum absolute atomic E-state index is 12.7. The van der Waals surface area contributed by atoms with E-state index < -0.39 is 18.1 Å². The second-order valence-corrected chi connectivity index (χ2v) is 7.31. The molecule has 1 unspecified atom stereocenters. The van der Waals surface area contributed by atoms with Crippen molar-refractivity contribution in [3.8, 4) is 11.5 Å². The highest BCUT2D eigenvalue weighted by molar-refractivity contribution is 6.00. The molecule has 8 heteroatoms. The quantitative estimate of drug-likeness (QED) is 0.484. The molecule has 4 rings (SSSR count). The Balaban J connectivity index is 1.43. The summed E-state index contributed by atoms with van der Waals surface area (Å²) in [6.45, 7) is 4.20. The predicted octanol–water partition coefficient (Wildman–Crippen LogP) is 2.67. The highest BCUT2D eigenvalue weighted by atomic mass is 16.6. The molecule has 2 aromatic heterocycles. The molecule has 1 aliphatic heterocycles. The smallest absolute Gasteiger partial charge is 0.344 e. The molecule has 160 valence electrons. The number of hydrogen-bond acceptors (Lipinski definition) is 6. The minimum absolute atomic E-state index is 0.143. The van der Waals surface area contributed by atoms with E-state index in [1.807, 2.05) is 42.7 Å². The van der Waals surface area contributed by atoms with Gasteiger partial charge in [-0.15, -0.1) is 0 Å². The van der Waals surface area contributed by atoms with Crippen LogP contribution in [0, 0.1) is 13.8 Å². The third kappa shape index (κ3) is 4.23. The molecule has 1 aromatic carbocycles. The lowest BCUT2D eigenvalue weighted by molar-refractivity contribution is 0.0472. The lowest BCUT2D eigenvalue weighted by Gasteiger charge is -2.27. The molecule has 1 atom stereocenters. The van der Waals surface area contributed by atoms with E-state index in [0.29, 0.717) is 24.5 Å². The van der Waals surface area contributed by atoms with Crippen molar-refractivity contribution in [3.63, 3.8) is 0 Å². The second-order valence-electron chi connectivity index (χ2n) is 7.31. The number of para-hydroxylation sites is 2. The van der Waals surface area contributed by atoms with Crippen LogP contribution in [0.2, 0.25) is 0 Å². The average molecular weight is 422 g/mol. The van der Waals surface area contributed by atoms with Gasteiger partial charge in [0.15, 0.2) is 24.2 Å². The normalized spacial score (nSPS) is 14.8. The van der Waals surface area contributed by atoms with E-state index in [0.717, 1.165) is 17.1 Å². The molecule has 3 heterocycles. The zero-order valence-corrected chi connectivity index (χ0v) is 17.2. The highest BCUT2D eigenvalue weighted by Crippen LogP contribution is 2.31. The van der Waals surface area contributed by atoms with Crippen LogP contribution in [0.1, 0.15) is 32.1 Å².